The highest BCUT2D eigenvalue weighted by atomic mass is 16.1. The van der Waals surface area contributed by atoms with Gasteiger partial charge in [0.2, 0.25) is 0 Å². The lowest BCUT2D eigenvalue weighted by Crippen LogP contribution is -2.51. The van der Waals surface area contributed by atoms with Crippen LogP contribution in [0.3, 0.4) is 0 Å². The summed E-state index contributed by atoms with van der Waals surface area (Å²) < 4.78 is 1.82. The van der Waals surface area contributed by atoms with Crippen LogP contribution in [-0.4, -0.2) is 21.8 Å². The molecule has 1 atom stereocenters. The smallest absolute Gasteiger partial charge is 0.268 e. The van der Waals surface area contributed by atoms with Crippen LogP contribution in [0.4, 0.5) is 0 Å². The van der Waals surface area contributed by atoms with Gasteiger partial charge in [0.05, 0.1) is 17.7 Å². The number of nitrogens with one attached hydrogen (secondary N) is 1. The van der Waals surface area contributed by atoms with E-state index in [9.17, 15) is 4.79 Å². The van der Waals surface area contributed by atoms with E-state index in [1.165, 1.54) is 38.5 Å². The number of imidazole rings is 1. The Morgan fingerprint density at radius 1 is 1.30 bits per heavy atom. The van der Waals surface area contributed by atoms with Crippen molar-refractivity contribution in [2.75, 3.05) is 6.54 Å². The van der Waals surface area contributed by atoms with Crippen molar-refractivity contribution in [3.63, 3.8) is 0 Å². The average molecular weight is 362 g/mol. The fraction of sp³-hybridized carbons (Fsp3) is 0.591. The van der Waals surface area contributed by atoms with Gasteiger partial charge in [0.1, 0.15) is 11.3 Å². The highest BCUT2D eigenvalue weighted by molar-refractivity contribution is 5.93. The van der Waals surface area contributed by atoms with E-state index in [2.05, 4.69) is 16.4 Å². The molecule has 4 fully saturated rings. The number of nitriles is 1. The lowest BCUT2D eigenvalue weighted by Gasteiger charge is -2.56. The normalized spacial score (nSPS) is 32.4. The molecule has 4 aliphatic rings. The van der Waals surface area contributed by atoms with Gasteiger partial charge in [0.25, 0.3) is 5.91 Å². The summed E-state index contributed by atoms with van der Waals surface area (Å²) in [5, 5.41) is 12.4. The number of carbonyl (C=O) groups excluding carboxylic acids is 1. The van der Waals surface area contributed by atoms with E-state index in [1.807, 2.05) is 35.7 Å². The highest BCUT2D eigenvalue weighted by Gasteiger charge is 2.50. The summed E-state index contributed by atoms with van der Waals surface area (Å²) >= 11 is 0. The molecule has 4 aliphatic carbocycles. The zero-order valence-electron chi connectivity index (χ0n) is 15.8. The maximum Gasteiger partial charge on any atom is 0.268 e. The van der Waals surface area contributed by atoms with Gasteiger partial charge < -0.3 is 5.32 Å². The zero-order valence-corrected chi connectivity index (χ0v) is 15.8. The lowest BCUT2D eigenvalue weighted by atomic mass is 9.49. The van der Waals surface area contributed by atoms with Crippen molar-refractivity contribution in [1.82, 2.24) is 14.7 Å². The molecule has 4 bridgehead atoms. The summed E-state index contributed by atoms with van der Waals surface area (Å²) in [5.41, 5.74) is 2.35. The van der Waals surface area contributed by atoms with Crippen LogP contribution < -0.4 is 5.32 Å². The van der Waals surface area contributed by atoms with E-state index < -0.39 is 0 Å². The lowest BCUT2D eigenvalue weighted by molar-refractivity contribution is -0.0503. The van der Waals surface area contributed by atoms with Gasteiger partial charge in [0.15, 0.2) is 0 Å². The first-order valence-corrected chi connectivity index (χ1v) is 10.2. The zero-order chi connectivity index (χ0) is 18.6. The summed E-state index contributed by atoms with van der Waals surface area (Å²) in [6.07, 6.45) is 9.95. The second-order valence-corrected chi connectivity index (χ2v) is 9.26. The summed E-state index contributed by atoms with van der Waals surface area (Å²) in [7, 11) is 0. The van der Waals surface area contributed by atoms with Crippen LogP contribution in [-0.2, 0) is 0 Å². The molecule has 2 aromatic rings. The molecule has 5 heteroatoms. The van der Waals surface area contributed by atoms with Gasteiger partial charge in [-0.25, -0.2) is 4.98 Å². The Hall–Kier alpha value is -2.35. The number of pyridine rings is 1. The van der Waals surface area contributed by atoms with Crippen molar-refractivity contribution in [1.29, 1.82) is 5.26 Å². The number of hydrogen-bond acceptors (Lipinski definition) is 3. The first-order valence-electron chi connectivity index (χ1n) is 10.2. The van der Waals surface area contributed by atoms with Crippen molar-refractivity contribution in [2.24, 2.45) is 23.2 Å². The van der Waals surface area contributed by atoms with Gasteiger partial charge in [-0.3, -0.25) is 9.20 Å². The summed E-state index contributed by atoms with van der Waals surface area (Å²) in [5.74, 6) is 2.35. The first kappa shape index (κ1) is 16.8. The van der Waals surface area contributed by atoms with E-state index in [0.717, 1.165) is 29.9 Å². The molecule has 1 unspecified atom stereocenters. The van der Waals surface area contributed by atoms with Crippen molar-refractivity contribution >= 4 is 11.6 Å². The second-order valence-electron chi connectivity index (χ2n) is 9.26. The maximum atomic E-state index is 13.0. The third-order valence-corrected chi connectivity index (χ3v) is 7.17. The minimum Gasteiger partial charge on any atom is -0.350 e. The molecular weight excluding hydrogens is 336 g/mol. The predicted octanol–water partition coefficient (Wildman–Crippen LogP) is 3.91. The van der Waals surface area contributed by atoms with Crippen LogP contribution in [0.15, 0.2) is 24.4 Å². The predicted molar refractivity (Wildman–Crippen MR) is 102 cm³/mol. The SMILES string of the molecule is CC(C#N)c1cn2c(C(=O)NCC34CC5CC(CC(C5)C3)C4)cccc2n1. The van der Waals surface area contributed by atoms with E-state index in [1.54, 1.807) is 0 Å². The van der Waals surface area contributed by atoms with Crippen molar-refractivity contribution < 1.29 is 4.79 Å². The number of nitrogens with zero attached hydrogens (tertiary/aromatic N) is 3. The van der Waals surface area contributed by atoms with Crippen molar-refractivity contribution in [3.05, 3.63) is 35.8 Å². The Bertz CT molecular complexity index is 902. The van der Waals surface area contributed by atoms with Gasteiger partial charge >= 0.3 is 0 Å². The van der Waals surface area contributed by atoms with Crippen LogP contribution in [0, 0.1) is 34.5 Å². The molecule has 0 saturated heterocycles. The maximum absolute atomic E-state index is 13.0. The number of hydrogen-bond donors (Lipinski definition) is 1. The fourth-order valence-electron chi connectivity index (χ4n) is 6.35. The molecule has 4 saturated carbocycles. The number of rotatable bonds is 4. The molecule has 0 aromatic carbocycles. The van der Waals surface area contributed by atoms with E-state index in [0.29, 0.717) is 16.8 Å². The molecule has 140 valence electrons. The van der Waals surface area contributed by atoms with Gasteiger partial charge in [-0.15, -0.1) is 0 Å². The van der Waals surface area contributed by atoms with Gasteiger partial charge in [-0.2, -0.15) is 5.26 Å². The average Bonchev–Trinajstić information content (AvgIpc) is 3.08. The summed E-state index contributed by atoms with van der Waals surface area (Å²) in [4.78, 5) is 17.5. The molecule has 1 amide bonds. The molecule has 0 spiro atoms. The van der Waals surface area contributed by atoms with Crippen molar-refractivity contribution in [3.8, 4) is 6.07 Å². The standard InChI is InChI=1S/C22H26N4O/c1-14(11-23)18-12-26-19(3-2-4-20(26)25-18)21(27)24-13-22-8-15-5-16(9-22)7-17(6-15)10-22/h2-4,12,14-17H,5-10,13H2,1H3,(H,24,27). The monoisotopic (exact) mass is 362 g/mol. The Morgan fingerprint density at radius 2 is 1.96 bits per heavy atom. The number of fused-ring (bicyclic) bond motifs is 1. The highest BCUT2D eigenvalue weighted by Crippen LogP contribution is 2.59. The molecule has 2 heterocycles. The number of amides is 1. The van der Waals surface area contributed by atoms with Gasteiger partial charge in [0, 0.05) is 12.7 Å². The molecule has 0 radical (unpaired) electrons. The molecule has 2 aromatic heterocycles. The van der Waals surface area contributed by atoms with Crippen LogP contribution >= 0.6 is 0 Å². The van der Waals surface area contributed by atoms with Crippen LogP contribution in [0.2, 0.25) is 0 Å². The first-order chi connectivity index (χ1) is 13.0. The number of carbonyl (C=O) groups is 1. The van der Waals surface area contributed by atoms with Crippen LogP contribution in [0.5, 0.6) is 0 Å². The Kier molecular flexibility index (Phi) is 3.79. The van der Waals surface area contributed by atoms with E-state index in [-0.39, 0.29) is 11.8 Å². The third-order valence-electron chi connectivity index (χ3n) is 7.17. The molecule has 1 N–H and O–H groups in total. The van der Waals surface area contributed by atoms with Crippen LogP contribution in [0.1, 0.15) is 67.5 Å². The second kappa shape index (κ2) is 6.09. The molecular formula is C22H26N4O. The van der Waals surface area contributed by atoms with Gasteiger partial charge in [-0.1, -0.05) is 6.07 Å². The Labute approximate surface area is 159 Å². The molecule has 6 rings (SSSR count). The summed E-state index contributed by atoms with van der Waals surface area (Å²) in [6, 6.07) is 7.79. The Morgan fingerprint density at radius 3 is 2.59 bits per heavy atom. The molecule has 5 nitrogen and oxygen atoms in total. The van der Waals surface area contributed by atoms with Crippen LogP contribution in [0.25, 0.3) is 5.65 Å². The minimum atomic E-state index is -0.284. The largest absolute Gasteiger partial charge is 0.350 e. The van der Waals surface area contributed by atoms with E-state index in [4.69, 9.17) is 5.26 Å². The topological polar surface area (TPSA) is 70.2 Å². The quantitative estimate of drug-likeness (QED) is 0.896. The van der Waals surface area contributed by atoms with Gasteiger partial charge in [-0.05, 0) is 80.8 Å². The third kappa shape index (κ3) is 2.82. The van der Waals surface area contributed by atoms with E-state index >= 15 is 0 Å². The fourth-order valence-corrected chi connectivity index (χ4v) is 6.35. The number of aromatic nitrogens is 2. The summed E-state index contributed by atoms with van der Waals surface area (Å²) in [6.45, 7) is 2.62. The van der Waals surface area contributed by atoms with Crippen molar-refractivity contribution in [2.45, 2.75) is 51.4 Å². The molecule has 27 heavy (non-hydrogen) atoms. The minimum absolute atomic E-state index is 0.0371. The Balaban J connectivity index is 1.36. The molecule has 0 aliphatic heterocycles.